The molecule has 13 heavy (non-hydrogen) atoms. The first-order chi connectivity index (χ1) is 6.16. The van der Waals surface area contributed by atoms with Gasteiger partial charge in [-0.25, -0.2) is 0 Å². The van der Waals surface area contributed by atoms with Crippen LogP contribution in [0.5, 0.6) is 0 Å². The van der Waals surface area contributed by atoms with Crippen LogP contribution in [0.2, 0.25) is 5.02 Å². The molecule has 2 aromatic rings. The molecule has 0 amide bonds. The van der Waals surface area contributed by atoms with Crippen molar-refractivity contribution in [3.8, 4) is 0 Å². The number of benzene rings is 1. The van der Waals surface area contributed by atoms with E-state index in [1.165, 1.54) is 11.3 Å². The minimum absolute atomic E-state index is 0.691. The third-order valence-corrected chi connectivity index (χ3v) is 3.37. The van der Waals surface area contributed by atoms with Crippen LogP contribution in [0.25, 0.3) is 10.9 Å². The number of rotatable bonds is 0. The van der Waals surface area contributed by atoms with Gasteiger partial charge in [0.25, 0.3) is 0 Å². The van der Waals surface area contributed by atoms with Gasteiger partial charge >= 0.3 is 0 Å². The molecule has 0 aliphatic heterocycles. The molecule has 0 fully saturated rings. The van der Waals surface area contributed by atoms with E-state index in [4.69, 9.17) is 36.0 Å². The highest BCUT2D eigenvalue weighted by atomic mass is 35.5. The smallest absolute Gasteiger partial charge is 0.160 e. The van der Waals surface area contributed by atoms with Crippen molar-refractivity contribution in [2.45, 2.75) is 0 Å². The maximum absolute atomic E-state index is 5.85. The minimum atomic E-state index is 0.691. The van der Waals surface area contributed by atoms with Crippen molar-refractivity contribution < 1.29 is 0 Å². The van der Waals surface area contributed by atoms with E-state index in [2.05, 4.69) is 4.98 Å². The van der Waals surface area contributed by atoms with Crippen LogP contribution >= 0.6 is 47.4 Å². The van der Waals surface area contributed by atoms with Crippen molar-refractivity contribution >= 4 is 58.3 Å². The van der Waals surface area contributed by atoms with E-state index in [9.17, 15) is 0 Å². The number of H-pyrrole nitrogens is 1. The predicted octanol–water partition coefficient (Wildman–Crippen LogP) is 4.34. The average molecular weight is 246 g/mol. The average Bonchev–Trinajstić information content (AvgIpc) is 2.06. The fourth-order valence-electron chi connectivity index (χ4n) is 1.07. The van der Waals surface area contributed by atoms with Gasteiger partial charge in [0, 0.05) is 15.9 Å². The molecule has 0 saturated heterocycles. The van der Waals surface area contributed by atoms with E-state index in [1.54, 1.807) is 0 Å². The quantitative estimate of drug-likeness (QED) is 0.695. The lowest BCUT2D eigenvalue weighted by atomic mass is 10.3. The summed E-state index contributed by atoms with van der Waals surface area (Å²) in [5, 5.41) is 1.65. The molecule has 0 atom stereocenters. The summed E-state index contributed by atoms with van der Waals surface area (Å²) in [4.78, 5) is 3.07. The zero-order chi connectivity index (χ0) is 9.42. The Morgan fingerprint density at radius 3 is 2.85 bits per heavy atom. The molecule has 0 saturated carbocycles. The third kappa shape index (κ3) is 1.81. The summed E-state index contributed by atoms with van der Waals surface area (Å²) in [6, 6.07) is 5.55. The highest BCUT2D eigenvalue weighted by molar-refractivity contribution is 7.76. The summed E-state index contributed by atoms with van der Waals surface area (Å²) >= 11 is 17.4. The van der Waals surface area contributed by atoms with Crippen molar-refractivity contribution in [1.82, 2.24) is 4.98 Å². The maximum atomic E-state index is 5.85. The molecule has 0 bridgehead atoms. The summed E-state index contributed by atoms with van der Waals surface area (Å²) in [6.07, 6.45) is 0. The Morgan fingerprint density at radius 1 is 1.31 bits per heavy atom. The van der Waals surface area contributed by atoms with Gasteiger partial charge in [0.05, 0.1) is 0 Å². The van der Waals surface area contributed by atoms with E-state index < -0.39 is 0 Å². The molecule has 2 rings (SSSR count). The molecule has 0 aliphatic carbocycles. The largest absolute Gasteiger partial charge is 0.337 e. The summed E-state index contributed by atoms with van der Waals surface area (Å²) in [7, 11) is 0. The summed E-state index contributed by atoms with van der Waals surface area (Å²) in [6.45, 7) is 0. The molecule has 1 N–H and O–H groups in total. The highest BCUT2D eigenvalue weighted by Gasteiger charge is 1.97. The number of nitrogens with one attached hydrogen (secondary N) is 1. The van der Waals surface area contributed by atoms with Crippen LogP contribution in [0, 0.1) is 7.78 Å². The third-order valence-electron chi connectivity index (χ3n) is 1.62. The second-order valence-corrected chi connectivity index (χ2v) is 5.28. The molecule has 1 aromatic carbocycles. The number of halogens is 1. The Hall–Kier alpha value is -0.290. The van der Waals surface area contributed by atoms with Crippen molar-refractivity contribution in [2.24, 2.45) is 0 Å². The molecular formula is C8H4ClNS3. The monoisotopic (exact) mass is 245 g/mol. The van der Waals surface area contributed by atoms with Crippen LogP contribution in [0.4, 0.5) is 0 Å². The van der Waals surface area contributed by atoms with Crippen LogP contribution in [0.15, 0.2) is 18.2 Å². The van der Waals surface area contributed by atoms with Gasteiger partial charge in [-0.15, -0.1) is 0 Å². The minimum Gasteiger partial charge on any atom is -0.337 e. The lowest BCUT2D eigenvalue weighted by molar-refractivity contribution is 1.45. The van der Waals surface area contributed by atoms with Crippen LogP contribution < -0.4 is 0 Å². The van der Waals surface area contributed by atoms with Gasteiger partial charge in [0.1, 0.15) is 3.82 Å². The van der Waals surface area contributed by atoms with Gasteiger partial charge in [-0.2, -0.15) is 0 Å². The van der Waals surface area contributed by atoms with Gasteiger partial charge < -0.3 is 4.98 Å². The van der Waals surface area contributed by atoms with Crippen molar-refractivity contribution in [2.75, 3.05) is 0 Å². The van der Waals surface area contributed by atoms with Crippen LogP contribution in [0.1, 0.15) is 0 Å². The first-order valence-corrected chi connectivity index (χ1v) is 5.50. The van der Waals surface area contributed by atoms with Gasteiger partial charge in [-0.1, -0.05) is 35.2 Å². The summed E-state index contributed by atoms with van der Waals surface area (Å²) in [5.74, 6) is 0. The first-order valence-electron chi connectivity index (χ1n) is 3.49. The first kappa shape index (κ1) is 9.27. The zero-order valence-electron chi connectivity index (χ0n) is 6.33. The van der Waals surface area contributed by atoms with Gasteiger partial charge in [-0.3, -0.25) is 0 Å². The van der Waals surface area contributed by atoms with Crippen molar-refractivity contribution in [1.29, 1.82) is 0 Å². The molecule has 0 unspecified atom stereocenters. The van der Waals surface area contributed by atoms with Gasteiger partial charge in [0.2, 0.25) is 0 Å². The van der Waals surface area contributed by atoms with E-state index in [0.717, 1.165) is 14.7 Å². The van der Waals surface area contributed by atoms with Crippen LogP contribution in [-0.4, -0.2) is 4.98 Å². The summed E-state index contributed by atoms with van der Waals surface area (Å²) < 4.78 is 1.47. The Bertz CT molecular complexity index is 569. The number of hydrogen-bond donors (Lipinski definition) is 1. The van der Waals surface area contributed by atoms with E-state index in [-0.39, 0.29) is 0 Å². The normalized spacial score (nSPS) is 10.5. The molecule has 0 aliphatic rings. The molecule has 0 spiro atoms. The molecule has 5 heteroatoms. The molecule has 1 nitrogen and oxygen atoms in total. The fourth-order valence-corrected chi connectivity index (χ4v) is 2.79. The van der Waals surface area contributed by atoms with Crippen molar-refractivity contribution in [3.05, 3.63) is 31.0 Å². The Kier molecular flexibility index (Phi) is 2.47. The molecule has 0 radical (unpaired) electrons. The van der Waals surface area contributed by atoms with E-state index in [1.807, 2.05) is 18.2 Å². The number of fused-ring (bicyclic) bond motifs is 1. The number of hydrogen-bond acceptors (Lipinski definition) is 3. The SMILES string of the molecule is S=c1[nH]c2ccc(Cl)cc2c(=S)s1. The predicted molar refractivity (Wildman–Crippen MR) is 62.9 cm³/mol. The lowest BCUT2D eigenvalue weighted by Gasteiger charge is -1.97. The number of aromatic nitrogens is 1. The highest BCUT2D eigenvalue weighted by Crippen LogP contribution is 2.21. The van der Waals surface area contributed by atoms with Crippen molar-refractivity contribution in [3.63, 3.8) is 0 Å². The Labute approximate surface area is 94.0 Å². The van der Waals surface area contributed by atoms with Crippen LogP contribution in [-0.2, 0) is 0 Å². The Balaban J connectivity index is 3.04. The topological polar surface area (TPSA) is 15.8 Å². The zero-order valence-corrected chi connectivity index (χ0v) is 9.54. The second-order valence-electron chi connectivity index (χ2n) is 2.49. The van der Waals surface area contributed by atoms with Gasteiger partial charge in [-0.05, 0) is 30.4 Å². The van der Waals surface area contributed by atoms with Gasteiger partial charge in [0.15, 0.2) is 3.95 Å². The molecular weight excluding hydrogens is 242 g/mol. The Morgan fingerprint density at radius 2 is 2.08 bits per heavy atom. The summed E-state index contributed by atoms with van der Waals surface area (Å²) in [5.41, 5.74) is 0.943. The standard InChI is InChI=1S/C8H4ClNS3/c9-4-1-2-6-5(3-4)7(11)13-8(12)10-6/h1-3H,(H,10,12). The second kappa shape index (κ2) is 3.46. The van der Waals surface area contributed by atoms with E-state index in [0.29, 0.717) is 8.98 Å². The maximum Gasteiger partial charge on any atom is 0.160 e. The van der Waals surface area contributed by atoms with Crippen LogP contribution in [0.3, 0.4) is 0 Å². The lowest BCUT2D eigenvalue weighted by Crippen LogP contribution is -1.77. The number of aromatic amines is 1. The fraction of sp³-hybridized carbons (Fsp3) is 0. The molecule has 1 heterocycles. The van der Waals surface area contributed by atoms with E-state index >= 15 is 0 Å². The molecule has 66 valence electrons. The molecule has 1 aromatic heterocycles.